The first-order valence-corrected chi connectivity index (χ1v) is 18.2. The van der Waals surface area contributed by atoms with Gasteiger partial charge in [-0.2, -0.15) is 41.6 Å². The molecule has 0 bridgehead atoms. The second-order valence-electron chi connectivity index (χ2n) is 14.4. The van der Waals surface area contributed by atoms with Crippen molar-refractivity contribution in [2.24, 2.45) is 5.41 Å². The molecule has 1 saturated carbocycles. The van der Waals surface area contributed by atoms with Crippen LogP contribution in [0.4, 0.5) is 41.6 Å². The van der Waals surface area contributed by atoms with Crippen LogP contribution in [0.2, 0.25) is 0 Å². The number of nitriles is 1. The van der Waals surface area contributed by atoms with Crippen LogP contribution in [0.3, 0.4) is 0 Å². The van der Waals surface area contributed by atoms with Gasteiger partial charge in [-0.3, -0.25) is 9.69 Å². The molecule has 54 heavy (non-hydrogen) atoms. The van der Waals surface area contributed by atoms with Crippen molar-refractivity contribution in [1.82, 2.24) is 19.8 Å². The number of rotatable bonds is 8. The number of alkyl halides is 6. The van der Waals surface area contributed by atoms with Crippen LogP contribution in [0.1, 0.15) is 56.2 Å². The van der Waals surface area contributed by atoms with Crippen molar-refractivity contribution in [3.8, 4) is 23.2 Å². The fraction of sp³-hybridized carbons (Fsp3) is 0.459. The van der Waals surface area contributed by atoms with Gasteiger partial charge in [-0.05, 0) is 75.8 Å². The minimum Gasteiger partial charge on any atom is -0.462 e. The van der Waals surface area contributed by atoms with Gasteiger partial charge in [0.2, 0.25) is 5.91 Å². The first-order valence-electron chi connectivity index (χ1n) is 17.4. The number of likely N-dealkylation sites (tertiary alicyclic amines) is 2. The Morgan fingerprint density at radius 3 is 2.54 bits per heavy atom. The van der Waals surface area contributed by atoms with Crippen molar-refractivity contribution in [1.29, 1.82) is 5.26 Å². The number of hydrogen-bond donors (Lipinski definition) is 1. The molecule has 4 heterocycles. The molecule has 2 saturated heterocycles. The second-order valence-corrected chi connectivity index (χ2v) is 15.4. The van der Waals surface area contributed by atoms with E-state index in [0.29, 0.717) is 23.8 Å². The van der Waals surface area contributed by atoms with Crippen molar-refractivity contribution < 1.29 is 40.3 Å². The number of benzene rings is 2. The molecule has 1 amide bonds. The van der Waals surface area contributed by atoms with Gasteiger partial charge in [-0.25, -0.2) is 4.39 Å². The number of anilines is 2. The summed E-state index contributed by atoms with van der Waals surface area (Å²) in [6.07, 6.45) is -6.46. The quantitative estimate of drug-likeness (QED) is 0.142. The molecular weight excluding hydrogens is 740 g/mol. The predicted octanol–water partition coefficient (Wildman–Crippen LogP) is 8.01. The fourth-order valence-corrected chi connectivity index (χ4v) is 9.34. The summed E-state index contributed by atoms with van der Waals surface area (Å²) < 4.78 is 114. The highest BCUT2D eigenvalue weighted by Gasteiger charge is 2.51. The van der Waals surface area contributed by atoms with E-state index in [9.17, 15) is 10.1 Å². The van der Waals surface area contributed by atoms with Crippen molar-refractivity contribution in [3.05, 3.63) is 53.4 Å². The zero-order valence-electron chi connectivity index (χ0n) is 29.5. The SMILES string of the molecule is C=CC(=O)N1CCC(N(CC)c2nc(OCC3CC4(CC4)CN3C)nc3c(C(F)(F)F)c(-c4ccc(F)c5sc(N)c(C#N)c45)c(C(F)(F)F)cc23)C1C. The number of carbonyl (C=O) groups excluding carboxylic acids is 1. The normalized spacial score (nSPS) is 21.3. The second kappa shape index (κ2) is 13.3. The number of carbonyl (C=O) groups is 1. The molecule has 3 atom stereocenters. The van der Waals surface area contributed by atoms with Crippen LogP contribution in [0.15, 0.2) is 30.9 Å². The third-order valence-electron chi connectivity index (χ3n) is 11.2. The molecule has 17 heteroatoms. The summed E-state index contributed by atoms with van der Waals surface area (Å²) in [7, 11) is 1.92. The molecule has 0 radical (unpaired) electrons. The van der Waals surface area contributed by atoms with Gasteiger partial charge >= 0.3 is 18.4 Å². The van der Waals surface area contributed by atoms with Crippen LogP contribution < -0.4 is 15.4 Å². The Hall–Kier alpha value is -4.69. The molecule has 4 aromatic rings. The summed E-state index contributed by atoms with van der Waals surface area (Å²) >= 11 is 0.549. The molecule has 2 N–H and O–H groups in total. The Morgan fingerprint density at radius 2 is 1.94 bits per heavy atom. The van der Waals surface area contributed by atoms with E-state index in [-0.39, 0.29) is 52.6 Å². The van der Waals surface area contributed by atoms with E-state index < -0.39 is 80.4 Å². The minimum absolute atomic E-state index is 0.0178. The smallest absolute Gasteiger partial charge is 0.419 e. The third kappa shape index (κ3) is 6.26. The Morgan fingerprint density at radius 1 is 1.22 bits per heavy atom. The van der Waals surface area contributed by atoms with E-state index >= 15 is 30.7 Å². The number of amides is 1. The summed E-state index contributed by atoms with van der Waals surface area (Å²) in [5, 5.41) is 8.61. The highest BCUT2D eigenvalue weighted by atomic mass is 32.1. The number of nitrogens with two attached hydrogens (primary N) is 1. The Balaban J connectivity index is 1.52. The van der Waals surface area contributed by atoms with Crippen molar-refractivity contribution >= 4 is 49.1 Å². The number of likely N-dealkylation sites (N-methyl/N-ethyl adjacent to an activating group) is 2. The fourth-order valence-electron chi connectivity index (χ4n) is 8.39. The van der Waals surface area contributed by atoms with Crippen LogP contribution in [0.25, 0.3) is 32.1 Å². The zero-order chi connectivity index (χ0) is 39.1. The average Bonchev–Trinajstić information content (AvgIpc) is 3.44. The monoisotopic (exact) mass is 775 g/mol. The van der Waals surface area contributed by atoms with Crippen molar-refractivity contribution in [2.45, 2.75) is 70.0 Å². The summed E-state index contributed by atoms with van der Waals surface area (Å²) in [6, 6.07) is 2.20. The molecular formula is C37H36F7N7O2S. The first kappa shape index (κ1) is 37.6. The van der Waals surface area contributed by atoms with Gasteiger partial charge in [-0.15, -0.1) is 11.3 Å². The van der Waals surface area contributed by atoms with Gasteiger partial charge < -0.3 is 20.3 Å². The van der Waals surface area contributed by atoms with Crippen LogP contribution >= 0.6 is 11.3 Å². The predicted molar refractivity (Wildman–Crippen MR) is 190 cm³/mol. The molecule has 3 fully saturated rings. The maximum Gasteiger partial charge on any atom is 0.419 e. The van der Waals surface area contributed by atoms with Crippen LogP contribution in [-0.4, -0.2) is 77.1 Å². The van der Waals surface area contributed by atoms with Gasteiger partial charge in [0.05, 0.1) is 32.9 Å². The first-order chi connectivity index (χ1) is 25.4. The lowest BCUT2D eigenvalue weighted by Gasteiger charge is -2.34. The highest BCUT2D eigenvalue weighted by molar-refractivity contribution is 7.23. The maximum atomic E-state index is 15.7. The van der Waals surface area contributed by atoms with E-state index in [1.165, 1.54) is 4.90 Å². The molecule has 1 spiro atoms. The van der Waals surface area contributed by atoms with Gasteiger partial charge in [-0.1, -0.05) is 12.6 Å². The van der Waals surface area contributed by atoms with E-state index in [4.69, 9.17) is 10.5 Å². The number of ether oxygens (including phenoxy) is 1. The van der Waals surface area contributed by atoms with Gasteiger partial charge in [0.25, 0.3) is 0 Å². The number of hydrogen-bond acceptors (Lipinski definition) is 9. The van der Waals surface area contributed by atoms with Crippen LogP contribution in [0.5, 0.6) is 6.01 Å². The average molecular weight is 776 g/mol. The standard InChI is InChI=1S/C37H36F7N7O2S/c1-5-26(52)51-12-9-25(18(51)3)50(6-2)33-21-13-23(36(39,40)41)28(20-7-8-24(38)31-27(20)22(15-45)32(46)54-31)29(37(42,43)44)30(21)47-34(48-33)53-16-19-14-35(10-11-35)17-49(19)4/h5,7-8,13,18-19,25H,1,6,9-12,14,16-17,46H2,2-4H3. The number of fused-ring (bicyclic) bond motifs is 2. The minimum atomic E-state index is -5.47. The lowest BCUT2D eigenvalue weighted by Crippen LogP contribution is -2.45. The largest absolute Gasteiger partial charge is 0.462 e. The van der Waals surface area contributed by atoms with E-state index in [0.717, 1.165) is 44.0 Å². The number of thiophene rings is 1. The van der Waals surface area contributed by atoms with Gasteiger partial charge in [0.15, 0.2) is 0 Å². The number of aromatic nitrogens is 2. The zero-order valence-corrected chi connectivity index (χ0v) is 30.4. The van der Waals surface area contributed by atoms with Crippen molar-refractivity contribution in [2.75, 3.05) is 43.9 Å². The van der Waals surface area contributed by atoms with E-state index in [1.807, 2.05) is 7.05 Å². The topological polar surface area (TPSA) is 112 Å². The molecule has 286 valence electrons. The lowest BCUT2D eigenvalue weighted by molar-refractivity contribution is -0.141. The maximum absolute atomic E-state index is 15.7. The Labute approximate surface area is 309 Å². The summed E-state index contributed by atoms with van der Waals surface area (Å²) in [4.78, 5) is 26.6. The number of nitrogens with zero attached hydrogens (tertiary/aromatic N) is 6. The van der Waals surface area contributed by atoms with Gasteiger partial charge in [0.1, 0.15) is 29.3 Å². The molecule has 2 aromatic heterocycles. The summed E-state index contributed by atoms with van der Waals surface area (Å²) in [5.41, 5.74) is -0.662. The molecule has 2 aromatic carbocycles. The molecule has 2 aliphatic heterocycles. The number of halogens is 7. The molecule has 1 aliphatic carbocycles. The lowest BCUT2D eigenvalue weighted by atomic mass is 9.88. The van der Waals surface area contributed by atoms with Gasteiger partial charge in [0, 0.05) is 48.1 Å². The molecule has 7 rings (SSSR count). The Bertz CT molecular complexity index is 2230. The Kier molecular flexibility index (Phi) is 9.24. The van der Waals surface area contributed by atoms with Crippen LogP contribution in [-0.2, 0) is 17.1 Å². The van der Waals surface area contributed by atoms with E-state index in [1.54, 1.807) is 24.8 Å². The molecule has 3 unspecified atom stereocenters. The summed E-state index contributed by atoms with van der Waals surface area (Å²) in [6.45, 7) is 8.18. The molecule has 9 nitrogen and oxygen atoms in total. The highest BCUT2D eigenvalue weighted by Crippen LogP contribution is 2.55. The molecule has 3 aliphatic rings. The van der Waals surface area contributed by atoms with Crippen LogP contribution in [0, 0.1) is 22.6 Å². The third-order valence-corrected chi connectivity index (χ3v) is 12.2. The summed E-state index contributed by atoms with van der Waals surface area (Å²) in [5.74, 6) is -1.57. The van der Waals surface area contributed by atoms with E-state index in [2.05, 4.69) is 21.4 Å². The van der Waals surface area contributed by atoms with Crippen molar-refractivity contribution in [3.63, 3.8) is 0 Å². The number of nitrogen functional groups attached to an aromatic ring is 1.